The van der Waals surface area contributed by atoms with E-state index in [1.165, 1.54) is 6.07 Å². The van der Waals surface area contributed by atoms with E-state index in [9.17, 15) is 4.39 Å². The molecule has 0 saturated heterocycles. The number of benzene rings is 1. The number of anilines is 2. The van der Waals surface area contributed by atoms with Gasteiger partial charge in [-0.15, -0.1) is 0 Å². The molecule has 23 heavy (non-hydrogen) atoms. The minimum atomic E-state index is -0.215. The third kappa shape index (κ3) is 3.04. The molecule has 4 nitrogen and oxygen atoms in total. The van der Waals surface area contributed by atoms with Crippen LogP contribution in [0.1, 0.15) is 30.7 Å². The van der Waals surface area contributed by atoms with E-state index in [1.54, 1.807) is 12.1 Å². The van der Waals surface area contributed by atoms with Crippen molar-refractivity contribution in [2.75, 3.05) is 29.9 Å². The van der Waals surface area contributed by atoms with Gasteiger partial charge in [-0.3, -0.25) is 0 Å². The smallest absolute Gasteiger partial charge is 0.224 e. The third-order valence-electron chi connectivity index (χ3n) is 4.01. The maximum atomic E-state index is 13.5. The van der Waals surface area contributed by atoms with Crippen LogP contribution in [0.5, 0.6) is 0 Å². The van der Waals surface area contributed by atoms with Crippen LogP contribution in [0.25, 0.3) is 11.6 Å². The van der Waals surface area contributed by atoms with E-state index in [0.717, 1.165) is 47.8 Å². The number of rotatable bonds is 4. The van der Waals surface area contributed by atoms with E-state index in [2.05, 4.69) is 33.2 Å². The predicted octanol–water partition coefficient (Wildman–Crippen LogP) is 3.74. The number of nitrogens with zero attached hydrogens (tertiary/aromatic N) is 3. The Hall–Kier alpha value is -2.43. The lowest BCUT2D eigenvalue weighted by molar-refractivity contribution is 0.627. The molecule has 1 N–H and O–H groups in total. The number of halogens is 1. The van der Waals surface area contributed by atoms with Gasteiger partial charge in [0.25, 0.3) is 0 Å². The van der Waals surface area contributed by atoms with Gasteiger partial charge in [0.2, 0.25) is 5.95 Å². The van der Waals surface area contributed by atoms with Gasteiger partial charge in [-0.05, 0) is 50.1 Å². The molecule has 5 heteroatoms. The second kappa shape index (κ2) is 6.36. The summed E-state index contributed by atoms with van der Waals surface area (Å²) in [5.74, 6) is 1.38. The fraction of sp³-hybridized carbons (Fsp3) is 0.333. The third-order valence-corrected chi connectivity index (χ3v) is 4.01. The number of hydrogen-bond donors (Lipinski definition) is 1. The summed E-state index contributed by atoms with van der Waals surface area (Å²) in [4.78, 5) is 11.4. The molecule has 3 rings (SSSR count). The molecule has 0 saturated carbocycles. The van der Waals surface area contributed by atoms with E-state index in [4.69, 9.17) is 0 Å². The van der Waals surface area contributed by atoms with E-state index in [1.807, 2.05) is 19.9 Å². The molecule has 1 aliphatic rings. The van der Waals surface area contributed by atoms with Crippen molar-refractivity contribution in [2.24, 2.45) is 0 Å². The Labute approximate surface area is 136 Å². The van der Waals surface area contributed by atoms with Gasteiger partial charge in [0.1, 0.15) is 11.6 Å². The van der Waals surface area contributed by atoms with Gasteiger partial charge in [-0.25, -0.2) is 9.37 Å². The lowest BCUT2D eigenvalue weighted by atomic mass is 9.98. The zero-order valence-electron chi connectivity index (χ0n) is 13.7. The topological polar surface area (TPSA) is 41.1 Å². The summed E-state index contributed by atoms with van der Waals surface area (Å²) in [5.41, 5.74) is 3.93. The lowest BCUT2D eigenvalue weighted by Gasteiger charge is -2.30. The highest BCUT2D eigenvalue weighted by Crippen LogP contribution is 2.33. The van der Waals surface area contributed by atoms with Crippen LogP contribution in [0.2, 0.25) is 0 Å². The standard InChI is InChI=1S/C18H21FN4/c1-4-20-18-21-12(3)16-10-14(11-23(5-2)17(16)22-18)13-7-6-8-15(19)9-13/h6-10H,4-5,11H2,1-3H3,(H,20,21,22). The highest BCUT2D eigenvalue weighted by molar-refractivity contribution is 5.90. The molecule has 0 amide bonds. The van der Waals surface area contributed by atoms with Crippen molar-refractivity contribution in [1.29, 1.82) is 0 Å². The average molecular weight is 312 g/mol. The van der Waals surface area contributed by atoms with Gasteiger partial charge < -0.3 is 10.2 Å². The largest absolute Gasteiger partial charge is 0.354 e. The predicted molar refractivity (Wildman–Crippen MR) is 93.1 cm³/mol. The van der Waals surface area contributed by atoms with Crippen LogP contribution in [-0.2, 0) is 0 Å². The Bertz CT molecular complexity index is 755. The van der Waals surface area contributed by atoms with Crippen molar-refractivity contribution >= 4 is 23.4 Å². The maximum absolute atomic E-state index is 13.5. The number of fused-ring (bicyclic) bond motifs is 1. The molecule has 0 unspecified atom stereocenters. The van der Waals surface area contributed by atoms with Crippen LogP contribution >= 0.6 is 0 Å². The van der Waals surface area contributed by atoms with E-state index >= 15 is 0 Å². The van der Waals surface area contributed by atoms with Crippen molar-refractivity contribution in [3.63, 3.8) is 0 Å². The summed E-state index contributed by atoms with van der Waals surface area (Å²) < 4.78 is 13.5. The zero-order chi connectivity index (χ0) is 16.4. The first-order valence-corrected chi connectivity index (χ1v) is 7.96. The van der Waals surface area contributed by atoms with Crippen molar-refractivity contribution in [2.45, 2.75) is 20.8 Å². The molecule has 120 valence electrons. The summed E-state index contributed by atoms with van der Waals surface area (Å²) in [7, 11) is 0. The van der Waals surface area contributed by atoms with Gasteiger partial charge in [0, 0.05) is 25.2 Å². The molecular weight excluding hydrogens is 291 g/mol. The highest BCUT2D eigenvalue weighted by Gasteiger charge is 2.22. The van der Waals surface area contributed by atoms with E-state index in [0.29, 0.717) is 5.95 Å². The number of nitrogens with one attached hydrogen (secondary N) is 1. The van der Waals surface area contributed by atoms with Crippen molar-refractivity contribution < 1.29 is 4.39 Å². The molecular formula is C18H21FN4. The van der Waals surface area contributed by atoms with E-state index < -0.39 is 0 Å². The second-order valence-electron chi connectivity index (χ2n) is 5.59. The maximum Gasteiger partial charge on any atom is 0.224 e. The van der Waals surface area contributed by atoms with Crippen molar-refractivity contribution in [1.82, 2.24) is 9.97 Å². The molecule has 0 aliphatic carbocycles. The fourth-order valence-corrected chi connectivity index (χ4v) is 2.84. The summed E-state index contributed by atoms with van der Waals surface area (Å²) >= 11 is 0. The quantitative estimate of drug-likeness (QED) is 0.934. The van der Waals surface area contributed by atoms with Crippen LogP contribution in [0.15, 0.2) is 24.3 Å². The Morgan fingerprint density at radius 1 is 1.26 bits per heavy atom. The molecule has 0 atom stereocenters. The summed E-state index contributed by atoms with van der Waals surface area (Å²) in [6.07, 6.45) is 2.08. The number of aryl methyl sites for hydroxylation is 1. The molecule has 0 spiro atoms. The van der Waals surface area contributed by atoms with Crippen LogP contribution in [0.3, 0.4) is 0 Å². The van der Waals surface area contributed by atoms with Gasteiger partial charge in [0.05, 0.1) is 5.69 Å². The molecule has 1 aromatic heterocycles. The number of hydrogen-bond acceptors (Lipinski definition) is 4. The summed E-state index contributed by atoms with van der Waals surface area (Å²) in [5, 5.41) is 3.17. The molecule has 2 heterocycles. The Morgan fingerprint density at radius 2 is 2.09 bits per heavy atom. The minimum absolute atomic E-state index is 0.215. The van der Waals surface area contributed by atoms with Crippen LogP contribution < -0.4 is 10.2 Å². The monoisotopic (exact) mass is 312 g/mol. The zero-order valence-corrected chi connectivity index (χ0v) is 13.7. The van der Waals surface area contributed by atoms with Crippen molar-refractivity contribution in [3.05, 3.63) is 46.9 Å². The minimum Gasteiger partial charge on any atom is -0.354 e. The molecule has 1 aromatic carbocycles. The first kappa shape index (κ1) is 15.5. The molecule has 2 aromatic rings. The van der Waals surface area contributed by atoms with E-state index in [-0.39, 0.29) is 5.82 Å². The first-order valence-electron chi connectivity index (χ1n) is 7.96. The SMILES string of the molecule is CCNc1nc(C)c2c(n1)N(CC)CC(c1cccc(F)c1)=C2. The molecule has 0 fully saturated rings. The lowest BCUT2D eigenvalue weighted by Crippen LogP contribution is -2.30. The summed E-state index contributed by atoms with van der Waals surface area (Å²) in [6.45, 7) is 8.45. The Morgan fingerprint density at radius 3 is 2.78 bits per heavy atom. The van der Waals surface area contributed by atoms with Gasteiger partial charge in [0.15, 0.2) is 0 Å². The second-order valence-corrected chi connectivity index (χ2v) is 5.59. The van der Waals surface area contributed by atoms with Crippen LogP contribution in [0, 0.1) is 12.7 Å². The first-order chi connectivity index (χ1) is 11.1. The normalized spacial score (nSPS) is 13.6. The van der Waals surface area contributed by atoms with Gasteiger partial charge in [-0.2, -0.15) is 4.98 Å². The Kier molecular flexibility index (Phi) is 4.28. The molecule has 1 aliphatic heterocycles. The number of likely N-dealkylation sites (N-methyl/N-ethyl adjacent to an activating group) is 1. The van der Waals surface area contributed by atoms with Crippen LogP contribution in [-0.4, -0.2) is 29.6 Å². The van der Waals surface area contributed by atoms with Crippen LogP contribution in [0.4, 0.5) is 16.2 Å². The molecule has 0 bridgehead atoms. The summed E-state index contributed by atoms with van der Waals surface area (Å²) in [6, 6.07) is 6.73. The fourth-order valence-electron chi connectivity index (χ4n) is 2.84. The van der Waals surface area contributed by atoms with Gasteiger partial charge in [-0.1, -0.05) is 12.1 Å². The van der Waals surface area contributed by atoms with Gasteiger partial charge >= 0.3 is 0 Å². The van der Waals surface area contributed by atoms with Crippen molar-refractivity contribution in [3.8, 4) is 0 Å². The molecule has 0 radical (unpaired) electrons. The average Bonchev–Trinajstić information content (AvgIpc) is 2.54. The number of aromatic nitrogens is 2. The highest BCUT2D eigenvalue weighted by atomic mass is 19.1. The Balaban J connectivity index is 2.09.